The summed E-state index contributed by atoms with van der Waals surface area (Å²) in [6.07, 6.45) is 2.20. The summed E-state index contributed by atoms with van der Waals surface area (Å²) < 4.78 is 0. The smallest absolute Gasteiger partial charge is 0.337 e. The van der Waals surface area contributed by atoms with Gasteiger partial charge < -0.3 is 20.2 Å². The number of rotatable bonds is 4. The average Bonchev–Trinajstić information content (AvgIpc) is 3.40. The number of halogens is 1. The van der Waals surface area contributed by atoms with Crippen LogP contribution in [0.5, 0.6) is 0 Å². The van der Waals surface area contributed by atoms with Gasteiger partial charge in [-0.15, -0.1) is 11.8 Å². The third-order valence-corrected chi connectivity index (χ3v) is 6.91. The Balaban J connectivity index is 1.31. The van der Waals surface area contributed by atoms with E-state index in [-0.39, 0.29) is 17.5 Å². The number of hydrogen-bond donors (Lipinski definition) is 2. The van der Waals surface area contributed by atoms with Gasteiger partial charge >= 0.3 is 5.97 Å². The number of nitrogens with zero attached hydrogens (tertiary/aromatic N) is 4. The number of carbonyl (C=O) groups excluding carboxylic acids is 1. The monoisotopic (exact) mass is 425 g/mol. The Morgan fingerprint density at radius 1 is 1.25 bits per heavy atom. The van der Waals surface area contributed by atoms with Crippen LogP contribution in [0.2, 0.25) is 5.02 Å². The van der Waals surface area contributed by atoms with Gasteiger partial charge in [-0.2, -0.15) is 0 Å². The van der Waals surface area contributed by atoms with Gasteiger partial charge in [-0.3, -0.25) is 9.69 Å². The van der Waals surface area contributed by atoms with Gasteiger partial charge in [0.05, 0.1) is 22.5 Å². The van der Waals surface area contributed by atoms with Crippen molar-refractivity contribution in [1.82, 2.24) is 20.1 Å². The Labute approximate surface area is 173 Å². The first-order valence-corrected chi connectivity index (χ1v) is 11.0. The number of piperazine rings is 1. The molecule has 0 unspecified atom stereocenters. The van der Waals surface area contributed by atoms with E-state index in [0.29, 0.717) is 16.9 Å². The molecule has 10 heteroatoms. The van der Waals surface area contributed by atoms with Gasteiger partial charge in [0.15, 0.2) is 0 Å². The molecule has 1 aromatic heterocycles. The molecule has 0 saturated carbocycles. The molecule has 4 rings (SSSR count). The summed E-state index contributed by atoms with van der Waals surface area (Å²) in [7, 11) is 0. The molecular formula is C18H24ClN5O3S. The second-order valence-corrected chi connectivity index (χ2v) is 8.83. The van der Waals surface area contributed by atoms with E-state index in [0.717, 1.165) is 57.3 Å². The van der Waals surface area contributed by atoms with Crippen molar-refractivity contribution in [1.29, 1.82) is 0 Å². The summed E-state index contributed by atoms with van der Waals surface area (Å²) in [5.74, 6) is 1.69. The first kappa shape index (κ1) is 19.8. The number of nitrogens with one attached hydrogen (secondary N) is 1. The van der Waals surface area contributed by atoms with E-state index in [1.807, 2.05) is 16.7 Å². The van der Waals surface area contributed by atoms with Crippen LogP contribution >= 0.6 is 23.4 Å². The van der Waals surface area contributed by atoms with Gasteiger partial charge in [-0.1, -0.05) is 11.6 Å². The van der Waals surface area contributed by atoms with E-state index in [1.165, 1.54) is 12.3 Å². The molecule has 1 amide bonds. The largest absolute Gasteiger partial charge is 0.478 e. The minimum absolute atomic E-state index is 0.0681. The number of aromatic nitrogens is 1. The second-order valence-electron chi connectivity index (χ2n) is 7.35. The summed E-state index contributed by atoms with van der Waals surface area (Å²) in [5.41, 5.74) is 0.0940. The Kier molecular flexibility index (Phi) is 5.96. The standard InChI is InChI=1S/C18H24ClN5O3S/c19-14-7-12(18(26)27)9-21-16(14)23-3-1-22(2-4-23)13-8-15(20-10-13)17(25)24-5-6-28-11-24/h7,9,13,15,20H,1-6,8,10-11H2,(H,26,27)/t13-,15-/m0/s1. The van der Waals surface area contributed by atoms with Gasteiger partial charge in [-0.05, 0) is 12.5 Å². The predicted octanol–water partition coefficient (Wildman–Crippen LogP) is 0.819. The highest BCUT2D eigenvalue weighted by atomic mass is 35.5. The van der Waals surface area contributed by atoms with E-state index < -0.39 is 5.97 Å². The number of pyridine rings is 1. The van der Waals surface area contributed by atoms with Gasteiger partial charge in [0.25, 0.3) is 0 Å². The van der Waals surface area contributed by atoms with Crippen molar-refractivity contribution in [3.05, 3.63) is 22.8 Å². The fourth-order valence-electron chi connectivity index (χ4n) is 4.07. The first-order chi connectivity index (χ1) is 13.5. The van der Waals surface area contributed by atoms with Crippen molar-refractivity contribution in [2.24, 2.45) is 0 Å². The molecule has 0 radical (unpaired) electrons. The van der Waals surface area contributed by atoms with Crippen LogP contribution in [0.3, 0.4) is 0 Å². The van der Waals surface area contributed by atoms with Crippen LogP contribution in [-0.2, 0) is 4.79 Å². The van der Waals surface area contributed by atoms with Gasteiger partial charge in [0.2, 0.25) is 5.91 Å². The number of carboxylic acid groups (broad SMARTS) is 1. The lowest BCUT2D eigenvalue weighted by Gasteiger charge is -2.38. The maximum Gasteiger partial charge on any atom is 0.337 e. The molecule has 0 spiro atoms. The zero-order chi connectivity index (χ0) is 19.7. The Morgan fingerprint density at radius 3 is 2.68 bits per heavy atom. The number of carboxylic acids is 1. The first-order valence-electron chi connectivity index (χ1n) is 9.50. The van der Waals surface area contributed by atoms with Gasteiger partial charge in [0, 0.05) is 57.3 Å². The number of aromatic carboxylic acids is 1. The van der Waals surface area contributed by atoms with Crippen molar-refractivity contribution in [3.8, 4) is 0 Å². The van der Waals surface area contributed by atoms with E-state index in [1.54, 1.807) is 0 Å². The second kappa shape index (κ2) is 8.44. The van der Waals surface area contributed by atoms with Crippen molar-refractivity contribution in [3.63, 3.8) is 0 Å². The molecule has 152 valence electrons. The summed E-state index contributed by atoms with van der Waals surface area (Å²) in [5, 5.41) is 12.8. The zero-order valence-corrected chi connectivity index (χ0v) is 17.1. The normalized spacial score (nSPS) is 26.0. The number of thioether (sulfide) groups is 1. The van der Waals surface area contributed by atoms with Crippen LogP contribution in [0.4, 0.5) is 5.82 Å². The molecule has 28 heavy (non-hydrogen) atoms. The van der Waals surface area contributed by atoms with Crippen LogP contribution in [0, 0.1) is 0 Å². The molecule has 3 aliphatic rings. The highest BCUT2D eigenvalue weighted by Gasteiger charge is 2.36. The van der Waals surface area contributed by atoms with E-state index >= 15 is 0 Å². The average molecular weight is 426 g/mol. The van der Waals surface area contributed by atoms with Crippen molar-refractivity contribution in [2.45, 2.75) is 18.5 Å². The SMILES string of the molecule is O=C(O)c1cnc(N2CCN([C@@H]3CN[C@H](C(=O)N4CCSC4)C3)CC2)c(Cl)c1. The zero-order valence-electron chi connectivity index (χ0n) is 15.5. The molecular weight excluding hydrogens is 402 g/mol. The van der Waals surface area contributed by atoms with Crippen molar-refractivity contribution in [2.75, 3.05) is 55.8 Å². The summed E-state index contributed by atoms with van der Waals surface area (Å²) in [6.45, 7) is 4.98. The molecule has 0 aromatic carbocycles. The lowest BCUT2D eigenvalue weighted by molar-refractivity contribution is -0.131. The fourth-order valence-corrected chi connectivity index (χ4v) is 5.31. The molecule has 2 atom stereocenters. The van der Waals surface area contributed by atoms with Gasteiger partial charge in [0.1, 0.15) is 5.82 Å². The van der Waals surface area contributed by atoms with Crippen LogP contribution in [0.15, 0.2) is 12.3 Å². The molecule has 2 N–H and O–H groups in total. The maximum absolute atomic E-state index is 12.6. The third kappa shape index (κ3) is 4.07. The highest BCUT2D eigenvalue weighted by molar-refractivity contribution is 7.99. The lowest BCUT2D eigenvalue weighted by Crippen LogP contribution is -2.51. The van der Waals surface area contributed by atoms with Crippen LogP contribution < -0.4 is 10.2 Å². The number of amides is 1. The topological polar surface area (TPSA) is 89.0 Å². The molecule has 8 nitrogen and oxygen atoms in total. The van der Waals surface area contributed by atoms with E-state index in [9.17, 15) is 9.59 Å². The molecule has 3 fully saturated rings. The quantitative estimate of drug-likeness (QED) is 0.733. The van der Waals surface area contributed by atoms with Crippen LogP contribution in [0.25, 0.3) is 0 Å². The minimum Gasteiger partial charge on any atom is -0.478 e. The van der Waals surface area contributed by atoms with Crippen LogP contribution in [-0.4, -0.2) is 94.7 Å². The van der Waals surface area contributed by atoms with Gasteiger partial charge in [-0.25, -0.2) is 9.78 Å². The van der Waals surface area contributed by atoms with Crippen LogP contribution in [0.1, 0.15) is 16.8 Å². The molecule has 3 saturated heterocycles. The van der Waals surface area contributed by atoms with E-state index in [4.69, 9.17) is 16.7 Å². The third-order valence-electron chi connectivity index (χ3n) is 5.67. The summed E-state index contributed by atoms with van der Waals surface area (Å²) >= 11 is 8.06. The Bertz CT molecular complexity index is 753. The Morgan fingerprint density at radius 2 is 2.04 bits per heavy atom. The molecule has 0 bridgehead atoms. The summed E-state index contributed by atoms with van der Waals surface area (Å²) in [4.78, 5) is 34.4. The van der Waals surface area contributed by atoms with Crippen molar-refractivity contribution < 1.29 is 14.7 Å². The maximum atomic E-state index is 12.6. The van der Waals surface area contributed by atoms with E-state index in [2.05, 4.69) is 20.1 Å². The molecule has 0 aliphatic carbocycles. The molecule has 1 aromatic rings. The lowest BCUT2D eigenvalue weighted by atomic mass is 10.1. The minimum atomic E-state index is -1.03. The highest BCUT2D eigenvalue weighted by Crippen LogP contribution is 2.26. The number of anilines is 1. The molecule has 4 heterocycles. The summed E-state index contributed by atoms with van der Waals surface area (Å²) in [6, 6.07) is 1.75. The predicted molar refractivity (Wildman–Crippen MR) is 109 cm³/mol. The Hall–Kier alpha value is -1.55. The fraction of sp³-hybridized carbons (Fsp3) is 0.611. The number of hydrogen-bond acceptors (Lipinski definition) is 7. The number of carbonyl (C=O) groups is 2. The molecule has 3 aliphatic heterocycles. The van der Waals surface area contributed by atoms with Crippen molar-refractivity contribution >= 4 is 41.1 Å².